The van der Waals surface area contributed by atoms with Crippen molar-refractivity contribution in [1.82, 2.24) is 0 Å². The maximum atomic E-state index is 12.1. The zero-order chi connectivity index (χ0) is 10.9. The van der Waals surface area contributed by atoms with Crippen molar-refractivity contribution < 1.29 is 14.3 Å². The predicted octanol–water partition coefficient (Wildman–Crippen LogP) is 1.86. The third-order valence-electron chi connectivity index (χ3n) is 3.19. The molecule has 0 spiro atoms. The van der Waals surface area contributed by atoms with Crippen LogP contribution >= 0.6 is 0 Å². The molecule has 3 nitrogen and oxygen atoms in total. The minimum Gasteiger partial charge on any atom is -0.465 e. The van der Waals surface area contributed by atoms with Crippen LogP contribution in [0.5, 0.6) is 0 Å². The standard InChI is InChI=1S/C12H16O3/c1-2-15-11(14)12(7-3-4-8-12)10(13)9-5-6-9/h3-4,9H,2,5-8H2,1H3. The van der Waals surface area contributed by atoms with Crippen LogP contribution in [-0.2, 0) is 14.3 Å². The Morgan fingerprint density at radius 3 is 2.40 bits per heavy atom. The highest BCUT2D eigenvalue weighted by atomic mass is 16.5. The molecule has 0 heterocycles. The van der Waals surface area contributed by atoms with Crippen LogP contribution in [0, 0.1) is 11.3 Å². The zero-order valence-corrected chi connectivity index (χ0v) is 8.99. The van der Waals surface area contributed by atoms with Gasteiger partial charge in [0.2, 0.25) is 0 Å². The van der Waals surface area contributed by atoms with Crippen LogP contribution in [0.4, 0.5) is 0 Å². The van der Waals surface area contributed by atoms with Gasteiger partial charge in [-0.25, -0.2) is 0 Å². The van der Waals surface area contributed by atoms with E-state index in [2.05, 4.69) is 0 Å². The molecule has 1 fully saturated rings. The molecule has 3 heteroatoms. The molecule has 0 bridgehead atoms. The SMILES string of the molecule is CCOC(=O)C1(C(=O)C2CC2)CC=CC1. The number of hydrogen-bond donors (Lipinski definition) is 0. The summed E-state index contributed by atoms with van der Waals surface area (Å²) < 4.78 is 5.03. The van der Waals surface area contributed by atoms with Gasteiger partial charge in [-0.3, -0.25) is 9.59 Å². The quantitative estimate of drug-likeness (QED) is 0.402. The third-order valence-corrected chi connectivity index (χ3v) is 3.19. The number of ether oxygens (including phenoxy) is 1. The van der Waals surface area contributed by atoms with Crippen molar-refractivity contribution in [3.63, 3.8) is 0 Å². The van der Waals surface area contributed by atoms with Gasteiger partial charge in [0.05, 0.1) is 6.61 Å². The Morgan fingerprint density at radius 2 is 1.93 bits per heavy atom. The van der Waals surface area contributed by atoms with Crippen LogP contribution in [-0.4, -0.2) is 18.4 Å². The van der Waals surface area contributed by atoms with E-state index >= 15 is 0 Å². The van der Waals surface area contributed by atoms with Gasteiger partial charge >= 0.3 is 5.97 Å². The van der Waals surface area contributed by atoms with Gasteiger partial charge in [0, 0.05) is 5.92 Å². The zero-order valence-electron chi connectivity index (χ0n) is 8.99. The van der Waals surface area contributed by atoms with Gasteiger partial charge in [0.25, 0.3) is 0 Å². The van der Waals surface area contributed by atoms with E-state index in [1.54, 1.807) is 6.92 Å². The number of esters is 1. The van der Waals surface area contributed by atoms with Crippen molar-refractivity contribution in [2.24, 2.45) is 11.3 Å². The van der Waals surface area contributed by atoms with Gasteiger partial charge in [-0.15, -0.1) is 0 Å². The topological polar surface area (TPSA) is 43.4 Å². The predicted molar refractivity (Wildman–Crippen MR) is 55.2 cm³/mol. The summed E-state index contributed by atoms with van der Waals surface area (Å²) in [6.07, 6.45) is 6.77. The monoisotopic (exact) mass is 208 g/mol. The number of Topliss-reactive ketones (excluding diaryl/α,β-unsaturated/α-hetero) is 1. The van der Waals surface area contributed by atoms with E-state index in [9.17, 15) is 9.59 Å². The number of hydrogen-bond acceptors (Lipinski definition) is 3. The lowest BCUT2D eigenvalue weighted by Gasteiger charge is -2.24. The number of ketones is 1. The first-order valence-corrected chi connectivity index (χ1v) is 5.57. The summed E-state index contributed by atoms with van der Waals surface area (Å²) >= 11 is 0. The average molecular weight is 208 g/mol. The van der Waals surface area contributed by atoms with Crippen LogP contribution in [0.1, 0.15) is 32.6 Å². The van der Waals surface area contributed by atoms with E-state index < -0.39 is 5.41 Å². The minimum atomic E-state index is -0.864. The molecule has 15 heavy (non-hydrogen) atoms. The summed E-state index contributed by atoms with van der Waals surface area (Å²) in [6.45, 7) is 2.12. The summed E-state index contributed by atoms with van der Waals surface area (Å²) in [6, 6.07) is 0. The first kappa shape index (κ1) is 10.4. The van der Waals surface area contributed by atoms with Gasteiger partial charge in [-0.1, -0.05) is 12.2 Å². The van der Waals surface area contributed by atoms with E-state index in [1.165, 1.54) is 0 Å². The molecular formula is C12H16O3. The van der Waals surface area contributed by atoms with Crippen molar-refractivity contribution in [3.05, 3.63) is 12.2 Å². The lowest BCUT2D eigenvalue weighted by molar-refractivity contribution is -0.160. The molecule has 1 saturated carbocycles. The summed E-state index contributed by atoms with van der Waals surface area (Å²) in [4.78, 5) is 24.0. The highest BCUT2D eigenvalue weighted by Crippen LogP contribution is 2.44. The van der Waals surface area contributed by atoms with Gasteiger partial charge in [0.1, 0.15) is 5.41 Å². The van der Waals surface area contributed by atoms with Gasteiger partial charge in [-0.05, 0) is 32.6 Å². The number of carbonyl (C=O) groups is 2. The number of carbonyl (C=O) groups excluding carboxylic acids is 2. The van der Waals surface area contributed by atoms with Gasteiger partial charge in [0.15, 0.2) is 5.78 Å². The molecule has 0 saturated heterocycles. The molecule has 0 aliphatic heterocycles. The molecule has 2 rings (SSSR count). The normalized spacial score (nSPS) is 22.7. The Bertz CT molecular complexity index is 305. The van der Waals surface area contributed by atoms with Crippen LogP contribution < -0.4 is 0 Å². The molecule has 0 aromatic rings. The Hall–Kier alpha value is -1.12. The van der Waals surface area contributed by atoms with Crippen LogP contribution in [0.15, 0.2) is 12.2 Å². The van der Waals surface area contributed by atoms with Crippen molar-refractivity contribution >= 4 is 11.8 Å². The van der Waals surface area contributed by atoms with Crippen LogP contribution in [0.2, 0.25) is 0 Å². The van der Waals surface area contributed by atoms with E-state index in [1.807, 2.05) is 12.2 Å². The Kier molecular flexibility index (Phi) is 2.63. The number of allylic oxidation sites excluding steroid dienone is 2. The molecule has 82 valence electrons. The maximum absolute atomic E-state index is 12.1. The van der Waals surface area contributed by atoms with Crippen molar-refractivity contribution in [1.29, 1.82) is 0 Å². The number of rotatable bonds is 4. The lowest BCUT2D eigenvalue weighted by Crippen LogP contribution is -2.39. The largest absolute Gasteiger partial charge is 0.465 e. The highest BCUT2D eigenvalue weighted by molar-refractivity contribution is 6.06. The van der Waals surface area contributed by atoms with E-state index in [0.717, 1.165) is 12.8 Å². The molecule has 2 aliphatic rings. The summed E-state index contributed by atoms with van der Waals surface area (Å²) in [5, 5.41) is 0. The molecule has 2 aliphatic carbocycles. The second-order valence-corrected chi connectivity index (χ2v) is 4.32. The first-order valence-electron chi connectivity index (χ1n) is 5.57. The average Bonchev–Trinajstić information content (AvgIpc) is 2.95. The van der Waals surface area contributed by atoms with Gasteiger partial charge < -0.3 is 4.74 Å². The van der Waals surface area contributed by atoms with E-state index in [-0.39, 0.29) is 17.7 Å². The second-order valence-electron chi connectivity index (χ2n) is 4.32. The fourth-order valence-electron chi connectivity index (χ4n) is 2.13. The summed E-state index contributed by atoms with van der Waals surface area (Å²) in [7, 11) is 0. The Morgan fingerprint density at radius 1 is 1.33 bits per heavy atom. The molecular weight excluding hydrogens is 192 g/mol. The minimum absolute atomic E-state index is 0.103. The molecule has 0 atom stereocenters. The fraction of sp³-hybridized carbons (Fsp3) is 0.667. The molecule has 0 amide bonds. The van der Waals surface area contributed by atoms with E-state index in [0.29, 0.717) is 19.4 Å². The summed E-state index contributed by atoms with van der Waals surface area (Å²) in [5.41, 5.74) is -0.864. The molecule has 0 aromatic carbocycles. The third kappa shape index (κ3) is 1.71. The van der Waals surface area contributed by atoms with Crippen molar-refractivity contribution in [2.45, 2.75) is 32.6 Å². The van der Waals surface area contributed by atoms with Crippen LogP contribution in [0.25, 0.3) is 0 Å². The highest BCUT2D eigenvalue weighted by Gasteiger charge is 2.51. The Balaban J connectivity index is 2.16. The van der Waals surface area contributed by atoms with Crippen LogP contribution in [0.3, 0.4) is 0 Å². The smallest absolute Gasteiger partial charge is 0.320 e. The Labute approximate surface area is 89.5 Å². The first-order chi connectivity index (χ1) is 7.20. The fourth-order valence-corrected chi connectivity index (χ4v) is 2.13. The van der Waals surface area contributed by atoms with Crippen molar-refractivity contribution in [2.75, 3.05) is 6.61 Å². The second kappa shape index (κ2) is 3.80. The lowest BCUT2D eigenvalue weighted by atomic mass is 9.79. The molecule has 0 aromatic heterocycles. The van der Waals surface area contributed by atoms with Crippen molar-refractivity contribution in [3.8, 4) is 0 Å². The molecule has 0 radical (unpaired) electrons. The maximum Gasteiger partial charge on any atom is 0.320 e. The molecule has 0 unspecified atom stereocenters. The van der Waals surface area contributed by atoms with E-state index in [4.69, 9.17) is 4.74 Å². The van der Waals surface area contributed by atoms with Gasteiger partial charge in [-0.2, -0.15) is 0 Å². The summed E-state index contributed by atoms with van der Waals surface area (Å²) in [5.74, 6) is -0.104. The molecule has 0 N–H and O–H groups in total.